The van der Waals surface area contributed by atoms with Gasteiger partial charge < -0.3 is 18.9 Å². The SMILES string of the molecule is C=C(C)C(=O)OC(COCCC(CC)CCC)COc1ccc(OC)c2ccccc12. The molecule has 0 amide bonds. The number of hydrogen-bond acceptors (Lipinski definition) is 5. The van der Waals surface area contributed by atoms with Crippen LogP contribution in [0.5, 0.6) is 11.5 Å². The second kappa shape index (κ2) is 13.0. The second-order valence-corrected chi connectivity index (χ2v) is 7.86. The predicted octanol–water partition coefficient (Wildman–Crippen LogP) is 5.95. The van der Waals surface area contributed by atoms with E-state index in [1.54, 1.807) is 14.0 Å². The molecule has 2 aromatic rings. The normalized spacial score (nSPS) is 12.9. The Bertz CT molecular complexity index is 845. The lowest BCUT2D eigenvalue weighted by Gasteiger charge is -2.20. The third-order valence-corrected chi connectivity index (χ3v) is 5.36. The lowest BCUT2D eigenvalue weighted by Crippen LogP contribution is -2.30. The van der Waals surface area contributed by atoms with Crippen molar-refractivity contribution in [3.63, 3.8) is 0 Å². The molecule has 0 radical (unpaired) electrons. The highest BCUT2D eigenvalue weighted by atomic mass is 16.6. The van der Waals surface area contributed by atoms with E-state index in [9.17, 15) is 4.79 Å². The summed E-state index contributed by atoms with van der Waals surface area (Å²) < 4.78 is 22.9. The molecule has 170 valence electrons. The van der Waals surface area contributed by atoms with Gasteiger partial charge in [0.2, 0.25) is 0 Å². The molecule has 31 heavy (non-hydrogen) atoms. The van der Waals surface area contributed by atoms with Crippen LogP contribution >= 0.6 is 0 Å². The first kappa shape index (κ1) is 24.7. The molecular weight excluding hydrogens is 392 g/mol. The van der Waals surface area contributed by atoms with Crippen LogP contribution in [-0.2, 0) is 14.3 Å². The molecule has 0 saturated heterocycles. The van der Waals surface area contributed by atoms with Crippen molar-refractivity contribution in [2.24, 2.45) is 5.92 Å². The van der Waals surface area contributed by atoms with Crippen LogP contribution in [0.3, 0.4) is 0 Å². The van der Waals surface area contributed by atoms with Crippen molar-refractivity contribution in [3.05, 3.63) is 48.6 Å². The minimum Gasteiger partial charge on any atom is -0.496 e. The number of carbonyl (C=O) groups is 1. The number of benzene rings is 2. The first-order valence-electron chi connectivity index (χ1n) is 11.1. The fraction of sp³-hybridized carbons (Fsp3) is 0.500. The lowest BCUT2D eigenvalue weighted by molar-refractivity contribution is -0.149. The van der Waals surface area contributed by atoms with E-state index >= 15 is 0 Å². The quantitative estimate of drug-likeness (QED) is 0.211. The standard InChI is InChI=1S/C26H36O5/c1-6-10-20(7-2)15-16-29-17-21(31-26(27)19(3)4)18-30-25-14-13-24(28-5)22-11-8-9-12-23(22)25/h8-9,11-14,20-21H,3,6-7,10,15-18H2,1-2,4-5H3. The summed E-state index contributed by atoms with van der Waals surface area (Å²) in [5, 5.41) is 1.91. The molecule has 0 heterocycles. The molecule has 0 saturated carbocycles. The molecule has 0 aromatic heterocycles. The molecule has 0 aliphatic rings. The number of rotatable bonds is 14. The van der Waals surface area contributed by atoms with Crippen LogP contribution in [0.4, 0.5) is 0 Å². The zero-order valence-corrected chi connectivity index (χ0v) is 19.3. The van der Waals surface area contributed by atoms with Gasteiger partial charge in [-0.05, 0) is 31.4 Å². The Morgan fingerprint density at radius 1 is 1.00 bits per heavy atom. The van der Waals surface area contributed by atoms with E-state index < -0.39 is 12.1 Å². The van der Waals surface area contributed by atoms with Gasteiger partial charge in [-0.25, -0.2) is 4.79 Å². The Kier molecular flexibility index (Phi) is 10.4. The fourth-order valence-corrected chi connectivity index (χ4v) is 3.52. The molecule has 0 aliphatic heterocycles. The van der Waals surface area contributed by atoms with Gasteiger partial charge in [0.1, 0.15) is 18.1 Å². The first-order chi connectivity index (χ1) is 15.0. The van der Waals surface area contributed by atoms with Gasteiger partial charge in [0, 0.05) is 23.0 Å². The van der Waals surface area contributed by atoms with Gasteiger partial charge in [0.05, 0.1) is 13.7 Å². The molecule has 5 heteroatoms. The van der Waals surface area contributed by atoms with Crippen LogP contribution in [0, 0.1) is 5.92 Å². The van der Waals surface area contributed by atoms with Crippen molar-refractivity contribution >= 4 is 16.7 Å². The molecular formula is C26H36O5. The average Bonchev–Trinajstić information content (AvgIpc) is 2.78. The topological polar surface area (TPSA) is 54.0 Å². The van der Waals surface area contributed by atoms with E-state index in [1.807, 2.05) is 36.4 Å². The zero-order valence-electron chi connectivity index (χ0n) is 19.3. The van der Waals surface area contributed by atoms with E-state index in [2.05, 4.69) is 20.4 Å². The Balaban J connectivity index is 2.02. The summed E-state index contributed by atoms with van der Waals surface area (Å²) in [5.74, 6) is 1.73. The van der Waals surface area contributed by atoms with Crippen LogP contribution < -0.4 is 9.47 Å². The van der Waals surface area contributed by atoms with E-state index in [0.29, 0.717) is 23.8 Å². The van der Waals surface area contributed by atoms with Gasteiger partial charge in [0.25, 0.3) is 0 Å². The highest BCUT2D eigenvalue weighted by molar-refractivity contribution is 5.93. The summed E-state index contributed by atoms with van der Waals surface area (Å²) >= 11 is 0. The van der Waals surface area contributed by atoms with Crippen molar-refractivity contribution in [1.82, 2.24) is 0 Å². The lowest BCUT2D eigenvalue weighted by atomic mass is 9.98. The van der Waals surface area contributed by atoms with Crippen molar-refractivity contribution < 1.29 is 23.7 Å². The average molecular weight is 429 g/mol. The van der Waals surface area contributed by atoms with E-state index in [0.717, 1.165) is 29.4 Å². The van der Waals surface area contributed by atoms with Crippen LogP contribution in [-0.4, -0.2) is 39.0 Å². The number of methoxy groups -OCH3 is 1. The van der Waals surface area contributed by atoms with E-state index in [4.69, 9.17) is 18.9 Å². The minimum atomic E-state index is -0.517. The zero-order chi connectivity index (χ0) is 22.6. The molecule has 2 unspecified atom stereocenters. The highest BCUT2D eigenvalue weighted by Crippen LogP contribution is 2.33. The van der Waals surface area contributed by atoms with E-state index in [-0.39, 0.29) is 13.2 Å². The molecule has 2 aromatic carbocycles. The minimum absolute atomic E-state index is 0.196. The van der Waals surface area contributed by atoms with Crippen molar-refractivity contribution in [1.29, 1.82) is 0 Å². The Morgan fingerprint density at radius 3 is 2.29 bits per heavy atom. The van der Waals surface area contributed by atoms with Crippen molar-refractivity contribution in [2.75, 3.05) is 26.9 Å². The third-order valence-electron chi connectivity index (χ3n) is 5.36. The van der Waals surface area contributed by atoms with Gasteiger partial charge in [0.15, 0.2) is 6.10 Å². The maximum Gasteiger partial charge on any atom is 0.333 e. The molecule has 5 nitrogen and oxygen atoms in total. The third kappa shape index (κ3) is 7.59. The summed E-state index contributed by atoms with van der Waals surface area (Å²) in [6, 6.07) is 11.6. The van der Waals surface area contributed by atoms with Gasteiger partial charge in [-0.1, -0.05) is 64.0 Å². The van der Waals surface area contributed by atoms with Gasteiger partial charge in [-0.15, -0.1) is 0 Å². The molecule has 2 atom stereocenters. The fourth-order valence-electron chi connectivity index (χ4n) is 3.52. The van der Waals surface area contributed by atoms with Crippen LogP contribution in [0.25, 0.3) is 10.8 Å². The summed E-state index contributed by atoms with van der Waals surface area (Å²) in [7, 11) is 1.65. The van der Waals surface area contributed by atoms with E-state index in [1.165, 1.54) is 12.8 Å². The first-order valence-corrected chi connectivity index (χ1v) is 11.1. The molecule has 0 N–H and O–H groups in total. The largest absolute Gasteiger partial charge is 0.496 e. The molecule has 0 aliphatic carbocycles. The van der Waals surface area contributed by atoms with Crippen LogP contribution in [0.2, 0.25) is 0 Å². The summed E-state index contributed by atoms with van der Waals surface area (Å²) in [4.78, 5) is 12.1. The monoisotopic (exact) mass is 428 g/mol. The Morgan fingerprint density at radius 2 is 1.68 bits per heavy atom. The van der Waals surface area contributed by atoms with Crippen molar-refractivity contribution in [2.45, 2.75) is 52.6 Å². The summed E-state index contributed by atoms with van der Waals surface area (Å²) in [6.45, 7) is 10.8. The van der Waals surface area contributed by atoms with Gasteiger partial charge >= 0.3 is 5.97 Å². The number of fused-ring (bicyclic) bond motifs is 1. The Hall–Kier alpha value is -2.53. The maximum atomic E-state index is 12.1. The number of esters is 1. The number of carbonyl (C=O) groups excluding carboxylic acids is 1. The Labute approximate surface area is 186 Å². The smallest absolute Gasteiger partial charge is 0.333 e. The van der Waals surface area contributed by atoms with Crippen LogP contribution in [0.1, 0.15) is 46.5 Å². The van der Waals surface area contributed by atoms with Gasteiger partial charge in [-0.2, -0.15) is 0 Å². The number of hydrogen-bond donors (Lipinski definition) is 0. The molecule has 0 bridgehead atoms. The van der Waals surface area contributed by atoms with Crippen LogP contribution in [0.15, 0.2) is 48.6 Å². The van der Waals surface area contributed by atoms with Gasteiger partial charge in [-0.3, -0.25) is 0 Å². The second-order valence-electron chi connectivity index (χ2n) is 7.86. The number of ether oxygens (including phenoxy) is 4. The van der Waals surface area contributed by atoms with Crippen molar-refractivity contribution in [3.8, 4) is 11.5 Å². The summed E-state index contributed by atoms with van der Waals surface area (Å²) in [6.07, 6.45) is 4.04. The maximum absolute atomic E-state index is 12.1. The summed E-state index contributed by atoms with van der Waals surface area (Å²) in [5.41, 5.74) is 0.355. The molecule has 0 fully saturated rings. The molecule has 2 rings (SSSR count). The molecule has 0 spiro atoms. The predicted molar refractivity (Wildman–Crippen MR) is 125 cm³/mol. The highest BCUT2D eigenvalue weighted by Gasteiger charge is 2.18.